The van der Waals surface area contributed by atoms with Gasteiger partial charge in [0.05, 0.1) is 17.6 Å². The van der Waals surface area contributed by atoms with Crippen molar-refractivity contribution in [3.05, 3.63) is 17.6 Å². The van der Waals surface area contributed by atoms with Crippen LogP contribution in [0, 0.1) is 13.8 Å². The van der Waals surface area contributed by atoms with Crippen LogP contribution in [0.15, 0.2) is 6.20 Å². The molecule has 0 radical (unpaired) electrons. The fourth-order valence-electron chi connectivity index (χ4n) is 1.11. The molecule has 1 rings (SSSR count). The van der Waals surface area contributed by atoms with Crippen LogP contribution in [-0.4, -0.2) is 22.4 Å². The Labute approximate surface area is 89.1 Å². The van der Waals surface area contributed by atoms with Crippen LogP contribution in [0.25, 0.3) is 0 Å². The van der Waals surface area contributed by atoms with E-state index in [9.17, 15) is 4.79 Å². The highest BCUT2D eigenvalue weighted by Crippen LogP contribution is 2.05. The number of aromatic nitrogens is 2. The molecule has 1 aromatic heterocycles. The van der Waals surface area contributed by atoms with Crippen molar-refractivity contribution in [3.63, 3.8) is 0 Å². The van der Waals surface area contributed by atoms with E-state index in [4.69, 9.17) is 5.73 Å². The molecule has 15 heavy (non-hydrogen) atoms. The third-order valence-corrected chi connectivity index (χ3v) is 2.10. The van der Waals surface area contributed by atoms with Crippen molar-refractivity contribution in [1.82, 2.24) is 9.97 Å². The van der Waals surface area contributed by atoms with Crippen LogP contribution in [0.1, 0.15) is 24.2 Å². The number of aryl methyl sites for hydroxylation is 2. The Balaban J connectivity index is 2.38. The lowest BCUT2D eigenvalue weighted by molar-refractivity contribution is -0.118. The first-order valence-corrected chi connectivity index (χ1v) is 4.92. The molecule has 0 unspecified atom stereocenters. The smallest absolute Gasteiger partial charge is 0.217 e. The summed E-state index contributed by atoms with van der Waals surface area (Å²) in [6.07, 6.45) is 2.79. The minimum Gasteiger partial charge on any atom is -0.370 e. The molecule has 0 aliphatic rings. The number of anilines is 1. The lowest BCUT2D eigenvalue weighted by atomic mass is 10.3. The number of primary amides is 1. The monoisotopic (exact) mass is 208 g/mol. The molecule has 0 saturated carbocycles. The van der Waals surface area contributed by atoms with Gasteiger partial charge in [-0.2, -0.15) is 0 Å². The van der Waals surface area contributed by atoms with Crippen LogP contribution >= 0.6 is 0 Å². The molecule has 0 atom stereocenters. The van der Waals surface area contributed by atoms with Gasteiger partial charge in [0.1, 0.15) is 5.82 Å². The van der Waals surface area contributed by atoms with Crippen molar-refractivity contribution < 1.29 is 4.79 Å². The number of carbonyl (C=O) groups excluding carboxylic acids is 1. The molecule has 5 nitrogen and oxygen atoms in total. The fraction of sp³-hybridized carbons (Fsp3) is 0.500. The van der Waals surface area contributed by atoms with Gasteiger partial charge in [0.15, 0.2) is 0 Å². The standard InChI is InChI=1S/C10H16N4O/c1-7-8(2)14-10(6-13-7)12-5-3-4-9(11)15/h6H,3-5H2,1-2H3,(H2,11,15)(H,12,14). The molecule has 0 saturated heterocycles. The van der Waals surface area contributed by atoms with Crippen molar-refractivity contribution in [1.29, 1.82) is 0 Å². The molecule has 0 fully saturated rings. The summed E-state index contributed by atoms with van der Waals surface area (Å²) in [6, 6.07) is 0. The summed E-state index contributed by atoms with van der Waals surface area (Å²) in [7, 11) is 0. The lowest BCUT2D eigenvalue weighted by Crippen LogP contribution is -2.13. The minimum absolute atomic E-state index is 0.275. The molecule has 1 amide bonds. The first-order chi connectivity index (χ1) is 7.09. The van der Waals surface area contributed by atoms with Gasteiger partial charge < -0.3 is 11.1 Å². The second-order valence-electron chi connectivity index (χ2n) is 3.42. The Kier molecular flexibility index (Phi) is 4.03. The second kappa shape index (κ2) is 5.29. The number of nitrogens with two attached hydrogens (primary N) is 1. The first kappa shape index (κ1) is 11.4. The third kappa shape index (κ3) is 3.93. The van der Waals surface area contributed by atoms with E-state index in [1.165, 1.54) is 0 Å². The number of carbonyl (C=O) groups is 1. The molecule has 0 spiro atoms. The molecule has 0 aliphatic carbocycles. The first-order valence-electron chi connectivity index (χ1n) is 4.92. The van der Waals surface area contributed by atoms with Gasteiger partial charge in [-0.15, -0.1) is 0 Å². The maximum atomic E-state index is 10.5. The Hall–Kier alpha value is -1.65. The Bertz CT molecular complexity index is 351. The van der Waals surface area contributed by atoms with Gasteiger partial charge in [0.2, 0.25) is 5.91 Å². The van der Waals surface area contributed by atoms with Gasteiger partial charge in [0.25, 0.3) is 0 Å². The Morgan fingerprint density at radius 3 is 2.80 bits per heavy atom. The zero-order valence-electron chi connectivity index (χ0n) is 9.08. The van der Waals surface area contributed by atoms with Crippen molar-refractivity contribution in [2.75, 3.05) is 11.9 Å². The lowest BCUT2D eigenvalue weighted by Gasteiger charge is -2.05. The molecular formula is C10H16N4O. The van der Waals surface area contributed by atoms with Crippen LogP contribution in [0.5, 0.6) is 0 Å². The summed E-state index contributed by atoms with van der Waals surface area (Å²) >= 11 is 0. The average Bonchev–Trinajstić information content (AvgIpc) is 2.18. The van der Waals surface area contributed by atoms with E-state index in [2.05, 4.69) is 15.3 Å². The van der Waals surface area contributed by atoms with E-state index in [1.807, 2.05) is 13.8 Å². The number of rotatable bonds is 5. The topological polar surface area (TPSA) is 80.9 Å². The molecule has 0 aromatic carbocycles. The zero-order valence-corrected chi connectivity index (χ0v) is 9.08. The van der Waals surface area contributed by atoms with Gasteiger partial charge >= 0.3 is 0 Å². The molecule has 1 aromatic rings. The number of nitrogens with zero attached hydrogens (tertiary/aromatic N) is 2. The average molecular weight is 208 g/mol. The van der Waals surface area contributed by atoms with E-state index >= 15 is 0 Å². The molecule has 82 valence electrons. The maximum absolute atomic E-state index is 10.5. The van der Waals surface area contributed by atoms with Gasteiger partial charge in [-0.25, -0.2) is 4.98 Å². The van der Waals surface area contributed by atoms with Crippen molar-refractivity contribution in [3.8, 4) is 0 Å². The van der Waals surface area contributed by atoms with Crippen molar-refractivity contribution in [2.24, 2.45) is 5.73 Å². The predicted molar refractivity (Wildman–Crippen MR) is 58.4 cm³/mol. The highest BCUT2D eigenvalue weighted by atomic mass is 16.1. The number of nitrogens with one attached hydrogen (secondary N) is 1. The number of hydrogen-bond acceptors (Lipinski definition) is 4. The quantitative estimate of drug-likeness (QED) is 0.700. The van der Waals surface area contributed by atoms with E-state index in [1.54, 1.807) is 6.20 Å². The van der Waals surface area contributed by atoms with Gasteiger partial charge in [-0.1, -0.05) is 0 Å². The van der Waals surface area contributed by atoms with Crippen molar-refractivity contribution in [2.45, 2.75) is 26.7 Å². The molecule has 1 heterocycles. The molecular weight excluding hydrogens is 192 g/mol. The van der Waals surface area contributed by atoms with E-state index in [-0.39, 0.29) is 5.91 Å². The minimum atomic E-state index is -0.275. The van der Waals surface area contributed by atoms with E-state index in [0.29, 0.717) is 19.4 Å². The summed E-state index contributed by atoms with van der Waals surface area (Å²) in [6.45, 7) is 4.51. The van der Waals surface area contributed by atoms with Gasteiger partial charge in [-0.3, -0.25) is 9.78 Å². The Morgan fingerprint density at radius 1 is 1.47 bits per heavy atom. The van der Waals surface area contributed by atoms with Crippen LogP contribution in [-0.2, 0) is 4.79 Å². The molecule has 0 aliphatic heterocycles. The summed E-state index contributed by atoms with van der Waals surface area (Å²) in [5, 5.41) is 3.09. The zero-order chi connectivity index (χ0) is 11.3. The number of amides is 1. The van der Waals surface area contributed by atoms with Crippen LogP contribution in [0.3, 0.4) is 0 Å². The SMILES string of the molecule is Cc1ncc(NCCCC(N)=O)nc1C. The van der Waals surface area contributed by atoms with Crippen LogP contribution in [0.4, 0.5) is 5.82 Å². The molecule has 0 bridgehead atoms. The second-order valence-corrected chi connectivity index (χ2v) is 3.42. The highest BCUT2D eigenvalue weighted by Gasteiger charge is 1.99. The summed E-state index contributed by atoms with van der Waals surface area (Å²) in [5.74, 6) is 0.463. The third-order valence-electron chi connectivity index (χ3n) is 2.10. The van der Waals surface area contributed by atoms with Gasteiger partial charge in [0, 0.05) is 13.0 Å². The van der Waals surface area contributed by atoms with Crippen LogP contribution < -0.4 is 11.1 Å². The fourth-order valence-corrected chi connectivity index (χ4v) is 1.11. The van der Waals surface area contributed by atoms with E-state index < -0.39 is 0 Å². The van der Waals surface area contributed by atoms with Crippen molar-refractivity contribution >= 4 is 11.7 Å². The Morgan fingerprint density at radius 2 is 2.20 bits per heavy atom. The summed E-state index contributed by atoms with van der Waals surface area (Å²) in [5.41, 5.74) is 6.86. The summed E-state index contributed by atoms with van der Waals surface area (Å²) < 4.78 is 0. The van der Waals surface area contributed by atoms with Gasteiger partial charge in [-0.05, 0) is 20.3 Å². The number of hydrogen-bond donors (Lipinski definition) is 2. The molecule has 3 N–H and O–H groups in total. The summed E-state index contributed by atoms with van der Waals surface area (Å²) in [4.78, 5) is 19.0. The predicted octanol–water partition coefficient (Wildman–Crippen LogP) is 0.771. The maximum Gasteiger partial charge on any atom is 0.217 e. The molecule has 5 heteroatoms. The largest absolute Gasteiger partial charge is 0.370 e. The highest BCUT2D eigenvalue weighted by molar-refractivity contribution is 5.73. The normalized spacial score (nSPS) is 10.0. The van der Waals surface area contributed by atoms with Crippen LogP contribution in [0.2, 0.25) is 0 Å². The van der Waals surface area contributed by atoms with E-state index in [0.717, 1.165) is 17.2 Å².